The molecule has 1 N–H and O–H groups in total. The largest absolute Gasteiger partial charge is 0.337 e. The number of rotatable bonds is 4. The Morgan fingerprint density at radius 3 is 2.58 bits per heavy atom. The summed E-state index contributed by atoms with van der Waals surface area (Å²) in [6, 6.07) is 0.738. The first-order valence-electron chi connectivity index (χ1n) is 7.51. The summed E-state index contributed by atoms with van der Waals surface area (Å²) in [6.07, 6.45) is 2.52. The van der Waals surface area contributed by atoms with Gasteiger partial charge in [0.2, 0.25) is 5.91 Å². The average molecular weight is 266 g/mol. The van der Waals surface area contributed by atoms with Crippen molar-refractivity contribution in [3.05, 3.63) is 0 Å². The molecule has 1 amide bonds. The Hall–Kier alpha value is -0.900. The van der Waals surface area contributed by atoms with Gasteiger partial charge in [-0.1, -0.05) is 27.7 Å². The molecule has 4 heteroatoms. The van der Waals surface area contributed by atoms with Crippen molar-refractivity contribution in [3.63, 3.8) is 0 Å². The fraction of sp³-hybridized carbons (Fsp3) is 0.867. The van der Waals surface area contributed by atoms with E-state index in [1.807, 2.05) is 18.7 Å². The number of nitrogens with zero attached hydrogens (tertiary/aromatic N) is 1. The van der Waals surface area contributed by atoms with Gasteiger partial charge in [0, 0.05) is 36.9 Å². The van der Waals surface area contributed by atoms with Gasteiger partial charge < -0.3 is 10.2 Å². The lowest BCUT2D eigenvalue weighted by Gasteiger charge is -2.40. The van der Waals surface area contributed by atoms with Crippen LogP contribution >= 0.6 is 0 Å². The van der Waals surface area contributed by atoms with Gasteiger partial charge in [-0.15, -0.1) is 0 Å². The van der Waals surface area contributed by atoms with Crippen molar-refractivity contribution in [2.75, 3.05) is 6.54 Å². The Bertz CT molecular complexity index is 365. The highest BCUT2D eigenvalue weighted by atomic mass is 16.2. The third-order valence-corrected chi connectivity index (χ3v) is 4.30. The van der Waals surface area contributed by atoms with Gasteiger partial charge in [0.1, 0.15) is 5.78 Å². The van der Waals surface area contributed by atoms with Crippen LogP contribution in [0, 0.1) is 11.8 Å². The van der Waals surface area contributed by atoms with Crippen LogP contribution < -0.4 is 5.32 Å². The predicted octanol–water partition coefficient (Wildman–Crippen LogP) is 1.59. The Balaban J connectivity index is 2.21. The van der Waals surface area contributed by atoms with E-state index in [0.29, 0.717) is 12.5 Å². The summed E-state index contributed by atoms with van der Waals surface area (Å²) in [6.45, 7) is 8.93. The number of amides is 1. The molecule has 4 nitrogen and oxygen atoms in total. The van der Waals surface area contributed by atoms with Crippen molar-refractivity contribution >= 4 is 11.7 Å². The number of piperidine rings is 1. The van der Waals surface area contributed by atoms with E-state index in [-0.39, 0.29) is 35.6 Å². The first-order chi connectivity index (χ1) is 8.91. The van der Waals surface area contributed by atoms with Crippen LogP contribution in [0.2, 0.25) is 0 Å². The molecule has 2 aliphatic rings. The third-order valence-electron chi connectivity index (χ3n) is 4.30. The molecule has 3 atom stereocenters. The normalized spacial score (nSPS) is 31.2. The van der Waals surface area contributed by atoms with Gasteiger partial charge in [-0.05, 0) is 12.8 Å². The second-order valence-electron chi connectivity index (χ2n) is 6.52. The molecule has 0 saturated carbocycles. The Morgan fingerprint density at radius 1 is 1.32 bits per heavy atom. The summed E-state index contributed by atoms with van der Waals surface area (Å²) in [7, 11) is 0. The topological polar surface area (TPSA) is 49.4 Å². The van der Waals surface area contributed by atoms with E-state index < -0.39 is 0 Å². The molecule has 2 rings (SSSR count). The van der Waals surface area contributed by atoms with E-state index in [2.05, 4.69) is 19.2 Å². The monoisotopic (exact) mass is 266 g/mol. The number of hydrogen-bond donors (Lipinski definition) is 1. The first kappa shape index (κ1) is 14.5. The fourth-order valence-corrected chi connectivity index (χ4v) is 3.54. The fourth-order valence-electron chi connectivity index (χ4n) is 3.54. The minimum Gasteiger partial charge on any atom is -0.337 e. The standard InChI is InChI=1S/C15H26N2O2/c1-9(2)15(19)11-8-13(18)17-7-5-6-12(14(11)17)16-10(3)4/h9-12,14,16H,5-8H2,1-4H3. The zero-order valence-electron chi connectivity index (χ0n) is 12.5. The van der Waals surface area contributed by atoms with Gasteiger partial charge in [0.25, 0.3) is 0 Å². The number of Topliss-reactive ketones (excluding diaryl/α,β-unsaturated/α-hetero) is 1. The van der Waals surface area contributed by atoms with Gasteiger partial charge in [0.15, 0.2) is 0 Å². The number of nitrogens with one attached hydrogen (secondary N) is 1. The molecule has 0 aromatic heterocycles. The number of carbonyl (C=O) groups excluding carboxylic acids is 2. The van der Waals surface area contributed by atoms with Crippen molar-refractivity contribution in [2.24, 2.45) is 11.8 Å². The van der Waals surface area contributed by atoms with E-state index in [1.165, 1.54) is 0 Å². The van der Waals surface area contributed by atoms with Crippen LogP contribution in [0.15, 0.2) is 0 Å². The van der Waals surface area contributed by atoms with Gasteiger partial charge in [0.05, 0.1) is 6.04 Å². The molecule has 3 unspecified atom stereocenters. The summed E-state index contributed by atoms with van der Waals surface area (Å²) < 4.78 is 0. The van der Waals surface area contributed by atoms with E-state index in [1.54, 1.807) is 0 Å². The van der Waals surface area contributed by atoms with Crippen molar-refractivity contribution in [1.82, 2.24) is 10.2 Å². The predicted molar refractivity (Wildman–Crippen MR) is 74.7 cm³/mol. The molecular formula is C15H26N2O2. The lowest BCUT2D eigenvalue weighted by molar-refractivity contribution is -0.130. The maximum Gasteiger partial charge on any atom is 0.223 e. The molecule has 2 fully saturated rings. The van der Waals surface area contributed by atoms with Crippen molar-refractivity contribution in [3.8, 4) is 0 Å². The van der Waals surface area contributed by atoms with Gasteiger partial charge in [-0.25, -0.2) is 0 Å². The summed E-state index contributed by atoms with van der Waals surface area (Å²) in [5, 5.41) is 3.55. The highest BCUT2D eigenvalue weighted by molar-refractivity contribution is 5.92. The molecule has 0 aliphatic carbocycles. The van der Waals surface area contributed by atoms with E-state index in [0.717, 1.165) is 19.4 Å². The molecule has 0 spiro atoms. The number of carbonyl (C=O) groups is 2. The van der Waals surface area contributed by atoms with Crippen LogP contribution in [0.5, 0.6) is 0 Å². The third kappa shape index (κ3) is 2.83. The summed E-state index contributed by atoms with van der Waals surface area (Å²) in [4.78, 5) is 26.4. The summed E-state index contributed by atoms with van der Waals surface area (Å²) >= 11 is 0. The first-order valence-corrected chi connectivity index (χ1v) is 7.51. The molecule has 2 heterocycles. The van der Waals surface area contributed by atoms with Crippen molar-refractivity contribution in [2.45, 2.75) is 65.1 Å². The molecular weight excluding hydrogens is 240 g/mol. The number of fused-ring (bicyclic) bond motifs is 1. The van der Waals surface area contributed by atoms with Gasteiger partial charge >= 0.3 is 0 Å². The average Bonchev–Trinajstić information content (AvgIpc) is 2.66. The van der Waals surface area contributed by atoms with Crippen LogP contribution in [0.3, 0.4) is 0 Å². The van der Waals surface area contributed by atoms with Crippen molar-refractivity contribution < 1.29 is 9.59 Å². The van der Waals surface area contributed by atoms with Gasteiger partial charge in [-0.2, -0.15) is 0 Å². The minimum absolute atomic E-state index is 0.0133. The molecule has 108 valence electrons. The zero-order valence-corrected chi connectivity index (χ0v) is 12.5. The smallest absolute Gasteiger partial charge is 0.223 e. The summed E-state index contributed by atoms with van der Waals surface area (Å²) in [5.74, 6) is 0.320. The van der Waals surface area contributed by atoms with Gasteiger partial charge in [-0.3, -0.25) is 9.59 Å². The highest BCUT2D eigenvalue weighted by Crippen LogP contribution is 2.35. The maximum atomic E-state index is 12.4. The molecule has 19 heavy (non-hydrogen) atoms. The molecule has 0 bridgehead atoms. The Morgan fingerprint density at radius 2 is 2.00 bits per heavy atom. The number of hydrogen-bond acceptors (Lipinski definition) is 3. The van der Waals surface area contributed by atoms with Crippen LogP contribution in [0.25, 0.3) is 0 Å². The van der Waals surface area contributed by atoms with E-state index >= 15 is 0 Å². The SMILES string of the molecule is CC(C)NC1CCCN2C(=O)CC(C(=O)C(C)C)C12. The lowest BCUT2D eigenvalue weighted by atomic mass is 9.82. The molecule has 2 aliphatic heterocycles. The number of ketones is 1. The summed E-state index contributed by atoms with van der Waals surface area (Å²) in [5.41, 5.74) is 0. The molecule has 0 aromatic rings. The lowest BCUT2D eigenvalue weighted by Crippen LogP contribution is -2.56. The van der Waals surface area contributed by atoms with Crippen molar-refractivity contribution in [1.29, 1.82) is 0 Å². The second-order valence-corrected chi connectivity index (χ2v) is 6.52. The Labute approximate surface area is 115 Å². The van der Waals surface area contributed by atoms with E-state index in [9.17, 15) is 9.59 Å². The van der Waals surface area contributed by atoms with Crippen LogP contribution in [0.1, 0.15) is 47.0 Å². The van der Waals surface area contributed by atoms with Crippen LogP contribution in [-0.4, -0.2) is 41.3 Å². The van der Waals surface area contributed by atoms with Crippen LogP contribution in [-0.2, 0) is 9.59 Å². The second kappa shape index (κ2) is 5.61. The zero-order chi connectivity index (χ0) is 14.2. The van der Waals surface area contributed by atoms with E-state index in [4.69, 9.17) is 0 Å². The minimum atomic E-state index is -0.107. The Kier molecular flexibility index (Phi) is 4.29. The molecule has 0 aromatic carbocycles. The highest BCUT2D eigenvalue weighted by Gasteiger charge is 2.48. The van der Waals surface area contributed by atoms with Crippen LogP contribution in [0.4, 0.5) is 0 Å². The molecule has 2 saturated heterocycles. The molecule has 0 radical (unpaired) electrons. The maximum absolute atomic E-state index is 12.4. The quantitative estimate of drug-likeness (QED) is 0.840.